The molecule has 2 atom stereocenters. The monoisotopic (exact) mass is 209 g/mol. The zero-order valence-corrected chi connectivity index (χ0v) is 9.66. The predicted molar refractivity (Wildman–Crippen MR) is 59.5 cm³/mol. The Bertz CT molecular complexity index is 285. The van der Waals surface area contributed by atoms with Crippen LogP contribution in [0.15, 0.2) is 0 Å². The number of rotatable bonds is 0. The van der Waals surface area contributed by atoms with Gasteiger partial charge in [0.05, 0.1) is 0 Å². The van der Waals surface area contributed by atoms with Gasteiger partial charge < -0.3 is 10.0 Å². The summed E-state index contributed by atoms with van der Waals surface area (Å²) in [6, 6.07) is 0. The van der Waals surface area contributed by atoms with E-state index in [4.69, 9.17) is 11.5 Å². The standard InChI is InChI=1S/C12H19NO2/c1-5-9-6-10(12(2,3)4)8-13(7-9)11(14)15/h1,9-10H,6-8H2,2-4H3,(H,14,15). The van der Waals surface area contributed by atoms with Crippen LogP contribution >= 0.6 is 0 Å². The van der Waals surface area contributed by atoms with Gasteiger partial charge in [0.2, 0.25) is 0 Å². The number of carbonyl (C=O) groups is 1. The average molecular weight is 209 g/mol. The van der Waals surface area contributed by atoms with Crippen molar-refractivity contribution in [2.45, 2.75) is 27.2 Å². The molecule has 1 rings (SSSR count). The number of nitrogens with zero attached hydrogens (tertiary/aromatic N) is 1. The first kappa shape index (κ1) is 11.9. The molecule has 0 spiro atoms. The zero-order valence-electron chi connectivity index (χ0n) is 9.66. The van der Waals surface area contributed by atoms with Crippen molar-refractivity contribution in [2.24, 2.45) is 17.3 Å². The molecular formula is C12H19NO2. The van der Waals surface area contributed by atoms with Crippen LogP contribution in [0.25, 0.3) is 0 Å². The van der Waals surface area contributed by atoms with Gasteiger partial charge in [-0.25, -0.2) is 4.79 Å². The Kier molecular flexibility index (Phi) is 3.28. The summed E-state index contributed by atoms with van der Waals surface area (Å²) in [5.41, 5.74) is 0.114. The predicted octanol–water partition coefficient (Wildman–Crippen LogP) is 2.28. The van der Waals surface area contributed by atoms with Gasteiger partial charge >= 0.3 is 6.09 Å². The number of terminal acetylenes is 1. The van der Waals surface area contributed by atoms with Crippen molar-refractivity contribution < 1.29 is 9.90 Å². The second-order valence-corrected chi connectivity index (χ2v) is 5.35. The van der Waals surface area contributed by atoms with Gasteiger partial charge in [-0.05, 0) is 17.8 Å². The number of likely N-dealkylation sites (tertiary alicyclic amines) is 1. The molecule has 0 saturated carbocycles. The molecule has 0 aromatic rings. The lowest BCUT2D eigenvalue weighted by Crippen LogP contribution is -2.46. The first-order valence-corrected chi connectivity index (χ1v) is 5.28. The lowest BCUT2D eigenvalue weighted by molar-refractivity contribution is 0.0723. The number of carboxylic acid groups (broad SMARTS) is 1. The highest BCUT2D eigenvalue weighted by Gasteiger charge is 2.35. The van der Waals surface area contributed by atoms with Crippen LogP contribution in [0.1, 0.15) is 27.2 Å². The van der Waals surface area contributed by atoms with Gasteiger partial charge in [0.15, 0.2) is 0 Å². The highest BCUT2D eigenvalue weighted by molar-refractivity contribution is 5.65. The van der Waals surface area contributed by atoms with E-state index in [1.54, 1.807) is 0 Å². The number of hydrogen-bond acceptors (Lipinski definition) is 1. The van der Waals surface area contributed by atoms with E-state index in [1.807, 2.05) is 0 Å². The minimum Gasteiger partial charge on any atom is -0.465 e. The second-order valence-electron chi connectivity index (χ2n) is 5.35. The summed E-state index contributed by atoms with van der Waals surface area (Å²) in [5, 5.41) is 8.99. The van der Waals surface area contributed by atoms with E-state index < -0.39 is 6.09 Å². The van der Waals surface area contributed by atoms with E-state index in [1.165, 1.54) is 4.90 Å². The smallest absolute Gasteiger partial charge is 0.407 e. The zero-order chi connectivity index (χ0) is 11.6. The summed E-state index contributed by atoms with van der Waals surface area (Å²) in [6.45, 7) is 7.50. The van der Waals surface area contributed by atoms with Crippen LogP contribution in [0.5, 0.6) is 0 Å². The van der Waals surface area contributed by atoms with E-state index in [-0.39, 0.29) is 11.3 Å². The maximum atomic E-state index is 10.9. The van der Waals surface area contributed by atoms with Gasteiger partial charge in [0, 0.05) is 19.0 Å². The highest BCUT2D eigenvalue weighted by Crippen LogP contribution is 2.35. The van der Waals surface area contributed by atoms with E-state index >= 15 is 0 Å². The SMILES string of the molecule is C#CC1CC(C(C)(C)C)CN(C(=O)O)C1. The maximum absolute atomic E-state index is 10.9. The molecule has 1 aliphatic heterocycles. The van der Waals surface area contributed by atoms with E-state index in [9.17, 15) is 4.79 Å². The first-order chi connectivity index (χ1) is 6.84. The highest BCUT2D eigenvalue weighted by atomic mass is 16.4. The Morgan fingerprint density at radius 3 is 2.47 bits per heavy atom. The molecule has 1 N–H and O–H groups in total. The Morgan fingerprint density at radius 1 is 1.47 bits per heavy atom. The quantitative estimate of drug-likeness (QED) is 0.622. The van der Waals surface area contributed by atoms with Crippen molar-refractivity contribution in [3.8, 4) is 12.3 Å². The molecule has 84 valence electrons. The molecule has 0 bridgehead atoms. The van der Waals surface area contributed by atoms with Crippen LogP contribution in [0.3, 0.4) is 0 Å². The fourth-order valence-electron chi connectivity index (χ4n) is 2.00. The molecule has 0 aromatic heterocycles. The molecule has 0 radical (unpaired) electrons. The van der Waals surface area contributed by atoms with Crippen molar-refractivity contribution in [3.05, 3.63) is 0 Å². The van der Waals surface area contributed by atoms with Crippen molar-refractivity contribution in [1.82, 2.24) is 4.90 Å². The van der Waals surface area contributed by atoms with Crippen LogP contribution in [0.4, 0.5) is 4.79 Å². The molecule has 3 heteroatoms. The molecule has 2 unspecified atom stereocenters. The lowest BCUT2D eigenvalue weighted by Gasteiger charge is -2.40. The molecule has 15 heavy (non-hydrogen) atoms. The number of piperidine rings is 1. The molecule has 3 nitrogen and oxygen atoms in total. The normalized spacial score (nSPS) is 27.2. The third kappa shape index (κ3) is 2.89. The summed E-state index contributed by atoms with van der Waals surface area (Å²) >= 11 is 0. The minimum atomic E-state index is -0.857. The number of hydrogen-bond donors (Lipinski definition) is 1. The summed E-state index contributed by atoms with van der Waals surface area (Å²) in [7, 11) is 0. The van der Waals surface area contributed by atoms with Crippen molar-refractivity contribution in [1.29, 1.82) is 0 Å². The van der Waals surface area contributed by atoms with Gasteiger partial charge in [-0.1, -0.05) is 20.8 Å². The van der Waals surface area contributed by atoms with Crippen LogP contribution in [-0.4, -0.2) is 29.2 Å². The van der Waals surface area contributed by atoms with Gasteiger partial charge in [0.25, 0.3) is 0 Å². The van der Waals surface area contributed by atoms with Crippen LogP contribution in [0, 0.1) is 29.6 Å². The molecule has 0 aliphatic carbocycles. The molecule has 0 aromatic carbocycles. The second kappa shape index (κ2) is 4.14. The van der Waals surface area contributed by atoms with E-state index in [2.05, 4.69) is 26.7 Å². The molecule has 1 amide bonds. The molecule has 1 fully saturated rings. The van der Waals surface area contributed by atoms with Gasteiger partial charge in [0.1, 0.15) is 0 Å². The lowest BCUT2D eigenvalue weighted by atomic mass is 9.73. The Balaban J connectivity index is 2.77. The fraction of sp³-hybridized carbons (Fsp3) is 0.750. The molecular weight excluding hydrogens is 190 g/mol. The Morgan fingerprint density at radius 2 is 2.07 bits per heavy atom. The van der Waals surface area contributed by atoms with Crippen molar-refractivity contribution in [3.63, 3.8) is 0 Å². The summed E-state index contributed by atoms with van der Waals surface area (Å²) < 4.78 is 0. The largest absolute Gasteiger partial charge is 0.465 e. The molecule has 1 saturated heterocycles. The maximum Gasteiger partial charge on any atom is 0.407 e. The molecule has 1 aliphatic rings. The van der Waals surface area contributed by atoms with Crippen LogP contribution in [-0.2, 0) is 0 Å². The Labute approximate surface area is 91.5 Å². The third-order valence-corrected chi connectivity index (χ3v) is 3.18. The van der Waals surface area contributed by atoms with Gasteiger partial charge in [-0.2, -0.15) is 0 Å². The summed E-state index contributed by atoms with van der Waals surface area (Å²) in [6.07, 6.45) is 5.48. The van der Waals surface area contributed by atoms with E-state index in [0.29, 0.717) is 19.0 Å². The van der Waals surface area contributed by atoms with Gasteiger partial charge in [-0.3, -0.25) is 0 Å². The van der Waals surface area contributed by atoms with Crippen LogP contribution < -0.4 is 0 Å². The topological polar surface area (TPSA) is 40.5 Å². The number of amides is 1. The van der Waals surface area contributed by atoms with Gasteiger partial charge in [-0.15, -0.1) is 12.3 Å². The minimum absolute atomic E-state index is 0.0686. The molecule has 1 heterocycles. The summed E-state index contributed by atoms with van der Waals surface area (Å²) in [5.74, 6) is 3.10. The van der Waals surface area contributed by atoms with Crippen molar-refractivity contribution in [2.75, 3.05) is 13.1 Å². The first-order valence-electron chi connectivity index (χ1n) is 5.28. The third-order valence-electron chi connectivity index (χ3n) is 3.18. The van der Waals surface area contributed by atoms with Crippen molar-refractivity contribution >= 4 is 6.09 Å². The Hall–Kier alpha value is -1.17. The summed E-state index contributed by atoms with van der Waals surface area (Å²) in [4.78, 5) is 12.4. The fourth-order valence-corrected chi connectivity index (χ4v) is 2.00. The van der Waals surface area contributed by atoms with E-state index in [0.717, 1.165) is 6.42 Å². The van der Waals surface area contributed by atoms with Crippen LogP contribution in [0.2, 0.25) is 0 Å². The average Bonchev–Trinajstić information content (AvgIpc) is 2.15.